The first kappa shape index (κ1) is 11.3. The van der Waals surface area contributed by atoms with Crippen LogP contribution in [-0.2, 0) is 0 Å². The Labute approximate surface area is 108 Å². The van der Waals surface area contributed by atoms with Gasteiger partial charge in [0.1, 0.15) is 5.75 Å². The van der Waals surface area contributed by atoms with E-state index >= 15 is 0 Å². The Morgan fingerprint density at radius 1 is 1.38 bits per heavy atom. The van der Waals surface area contributed by atoms with Gasteiger partial charge in [-0.2, -0.15) is 5.10 Å². The average molecular weight is 346 g/mol. The van der Waals surface area contributed by atoms with Crippen molar-refractivity contribution in [2.45, 2.75) is 0 Å². The molecule has 16 heavy (non-hydrogen) atoms. The third-order valence-electron chi connectivity index (χ3n) is 2.03. The topological polar surface area (TPSA) is 66.0 Å². The van der Waals surface area contributed by atoms with E-state index < -0.39 is 0 Å². The van der Waals surface area contributed by atoms with Crippen LogP contribution in [0.25, 0.3) is 0 Å². The second-order valence-electron chi connectivity index (χ2n) is 3.10. The number of benzene rings is 1. The normalized spacial score (nSPS) is 10.4. The summed E-state index contributed by atoms with van der Waals surface area (Å²) in [6.45, 7) is 0. The van der Waals surface area contributed by atoms with Gasteiger partial charge in [0, 0.05) is 10.7 Å². The fraction of sp³-hybridized carbons (Fsp3) is 0. The van der Waals surface area contributed by atoms with Crippen molar-refractivity contribution in [3.05, 3.63) is 44.6 Å². The van der Waals surface area contributed by atoms with Gasteiger partial charge >= 0.3 is 0 Å². The van der Waals surface area contributed by atoms with Gasteiger partial charge in [-0.25, -0.2) is 0 Å². The lowest BCUT2D eigenvalue weighted by Crippen LogP contribution is -2.00. The summed E-state index contributed by atoms with van der Waals surface area (Å²) >= 11 is 6.43. The second-order valence-corrected chi connectivity index (χ2v) is 4.87. The van der Waals surface area contributed by atoms with Crippen molar-refractivity contribution in [2.75, 3.05) is 0 Å². The number of carbonyl (C=O) groups is 1. The molecule has 4 nitrogen and oxygen atoms in total. The number of hydrogen-bond donors (Lipinski definition) is 2. The molecule has 0 unspecified atom stereocenters. The monoisotopic (exact) mass is 344 g/mol. The zero-order valence-electron chi connectivity index (χ0n) is 7.87. The summed E-state index contributed by atoms with van der Waals surface area (Å²) in [4.78, 5) is 12.0. The summed E-state index contributed by atoms with van der Waals surface area (Å²) in [7, 11) is 0. The fourth-order valence-electron chi connectivity index (χ4n) is 1.27. The molecule has 0 aliphatic heterocycles. The molecule has 2 rings (SSSR count). The van der Waals surface area contributed by atoms with Crippen LogP contribution < -0.4 is 0 Å². The molecule has 0 amide bonds. The highest BCUT2D eigenvalue weighted by Crippen LogP contribution is 2.32. The van der Waals surface area contributed by atoms with E-state index in [0.717, 1.165) is 0 Å². The number of nitrogens with zero attached hydrogens (tertiary/aromatic N) is 1. The van der Waals surface area contributed by atoms with Crippen LogP contribution in [0.2, 0.25) is 0 Å². The molecule has 1 aromatic heterocycles. The maximum Gasteiger partial charge on any atom is 0.199 e. The standard InChI is InChI=1S/C10H6Br2N2O2/c11-6-1-7(10(16)8(12)2-6)9(15)5-3-13-14-4-5/h1-4,16H,(H,13,14). The van der Waals surface area contributed by atoms with Crippen LogP contribution in [-0.4, -0.2) is 21.1 Å². The number of aromatic nitrogens is 2. The Balaban J connectivity index is 2.52. The lowest BCUT2D eigenvalue weighted by atomic mass is 10.1. The van der Waals surface area contributed by atoms with Gasteiger partial charge in [0.15, 0.2) is 5.78 Å². The largest absolute Gasteiger partial charge is 0.506 e. The predicted octanol–water partition coefficient (Wildman–Crippen LogP) is 2.87. The second kappa shape index (κ2) is 4.39. The number of ketones is 1. The lowest BCUT2D eigenvalue weighted by molar-refractivity contribution is 0.103. The van der Waals surface area contributed by atoms with Gasteiger partial charge in [0.25, 0.3) is 0 Å². The van der Waals surface area contributed by atoms with Crippen molar-refractivity contribution < 1.29 is 9.90 Å². The van der Waals surface area contributed by atoms with Crippen molar-refractivity contribution in [3.8, 4) is 5.75 Å². The summed E-state index contributed by atoms with van der Waals surface area (Å²) < 4.78 is 1.18. The molecule has 0 radical (unpaired) electrons. The summed E-state index contributed by atoms with van der Waals surface area (Å²) in [5.74, 6) is -0.359. The van der Waals surface area contributed by atoms with Crippen LogP contribution in [0.1, 0.15) is 15.9 Å². The molecule has 0 aliphatic rings. The number of halogens is 2. The minimum atomic E-state index is -0.284. The van der Waals surface area contributed by atoms with Crippen molar-refractivity contribution in [2.24, 2.45) is 0 Å². The van der Waals surface area contributed by atoms with E-state index in [1.54, 1.807) is 12.1 Å². The van der Waals surface area contributed by atoms with Gasteiger partial charge in [-0.1, -0.05) is 15.9 Å². The van der Waals surface area contributed by atoms with Crippen molar-refractivity contribution >= 4 is 37.6 Å². The lowest BCUT2D eigenvalue weighted by Gasteiger charge is -2.05. The van der Waals surface area contributed by atoms with Gasteiger partial charge < -0.3 is 5.11 Å². The van der Waals surface area contributed by atoms with E-state index in [1.807, 2.05) is 0 Å². The molecule has 0 fully saturated rings. The van der Waals surface area contributed by atoms with Crippen LogP contribution in [0.15, 0.2) is 33.5 Å². The Morgan fingerprint density at radius 2 is 2.12 bits per heavy atom. The first-order chi connectivity index (χ1) is 7.59. The number of phenolic OH excluding ortho intramolecular Hbond substituents is 1. The van der Waals surface area contributed by atoms with Crippen LogP contribution in [0.3, 0.4) is 0 Å². The molecule has 0 saturated carbocycles. The smallest absolute Gasteiger partial charge is 0.199 e. The number of phenols is 1. The summed E-state index contributed by atoms with van der Waals surface area (Å²) in [6, 6.07) is 3.23. The highest BCUT2D eigenvalue weighted by Gasteiger charge is 2.17. The fourth-order valence-corrected chi connectivity index (χ4v) is 2.49. The molecule has 2 N–H and O–H groups in total. The molecule has 82 valence electrons. The number of H-pyrrole nitrogens is 1. The number of hydrogen-bond acceptors (Lipinski definition) is 3. The molecule has 1 aromatic carbocycles. The molecule has 0 atom stereocenters. The van der Waals surface area contributed by atoms with Gasteiger partial charge in [-0.05, 0) is 28.1 Å². The summed E-state index contributed by atoms with van der Waals surface area (Å²) in [5.41, 5.74) is 0.628. The zero-order chi connectivity index (χ0) is 11.7. The predicted molar refractivity (Wildman–Crippen MR) is 65.5 cm³/mol. The number of rotatable bonds is 2. The van der Waals surface area contributed by atoms with E-state index in [0.29, 0.717) is 14.5 Å². The minimum absolute atomic E-state index is 0.0746. The van der Waals surface area contributed by atoms with Crippen molar-refractivity contribution in [1.82, 2.24) is 10.2 Å². The maximum atomic E-state index is 12.0. The van der Waals surface area contributed by atoms with Gasteiger partial charge in [-0.3, -0.25) is 9.89 Å². The van der Waals surface area contributed by atoms with Gasteiger partial charge in [0.2, 0.25) is 0 Å². The Morgan fingerprint density at radius 3 is 2.75 bits per heavy atom. The first-order valence-electron chi connectivity index (χ1n) is 4.31. The van der Waals surface area contributed by atoms with Gasteiger partial charge in [-0.15, -0.1) is 0 Å². The number of aromatic amines is 1. The molecule has 0 spiro atoms. The molecule has 6 heteroatoms. The number of aromatic hydroxyl groups is 1. The molecular formula is C10H6Br2N2O2. The Bertz CT molecular complexity index is 538. The zero-order valence-corrected chi connectivity index (χ0v) is 11.0. The minimum Gasteiger partial charge on any atom is -0.506 e. The average Bonchev–Trinajstić information content (AvgIpc) is 2.75. The summed E-state index contributed by atoms with van der Waals surface area (Å²) in [5, 5.41) is 16.0. The highest BCUT2D eigenvalue weighted by molar-refractivity contribution is 9.11. The number of nitrogens with one attached hydrogen (secondary N) is 1. The van der Waals surface area contributed by atoms with E-state index in [1.165, 1.54) is 12.4 Å². The van der Waals surface area contributed by atoms with E-state index in [4.69, 9.17) is 0 Å². The van der Waals surface area contributed by atoms with Gasteiger partial charge in [0.05, 0.1) is 21.8 Å². The Kier molecular flexibility index (Phi) is 3.11. The van der Waals surface area contributed by atoms with Crippen molar-refractivity contribution in [1.29, 1.82) is 0 Å². The molecule has 0 aliphatic carbocycles. The van der Waals surface area contributed by atoms with E-state index in [2.05, 4.69) is 42.1 Å². The van der Waals surface area contributed by atoms with Crippen molar-refractivity contribution in [3.63, 3.8) is 0 Å². The highest BCUT2D eigenvalue weighted by atomic mass is 79.9. The van der Waals surface area contributed by atoms with Crippen LogP contribution in [0.4, 0.5) is 0 Å². The third kappa shape index (κ3) is 2.03. The molecule has 0 saturated heterocycles. The van der Waals surface area contributed by atoms with Crippen LogP contribution >= 0.6 is 31.9 Å². The SMILES string of the molecule is O=C(c1cn[nH]c1)c1cc(Br)cc(Br)c1O. The Hall–Kier alpha value is -1.14. The number of carbonyl (C=O) groups excluding carboxylic acids is 1. The van der Waals surface area contributed by atoms with E-state index in [9.17, 15) is 9.90 Å². The third-order valence-corrected chi connectivity index (χ3v) is 3.10. The summed E-state index contributed by atoms with van der Waals surface area (Å²) in [6.07, 6.45) is 2.90. The molecule has 1 heterocycles. The molecule has 2 aromatic rings. The molecule has 0 bridgehead atoms. The van der Waals surface area contributed by atoms with Crippen LogP contribution in [0.5, 0.6) is 5.75 Å². The van der Waals surface area contributed by atoms with E-state index in [-0.39, 0.29) is 17.1 Å². The quantitative estimate of drug-likeness (QED) is 0.822. The maximum absolute atomic E-state index is 12.0. The first-order valence-corrected chi connectivity index (χ1v) is 5.89. The molecular weight excluding hydrogens is 340 g/mol. The van der Waals surface area contributed by atoms with Crippen LogP contribution in [0, 0.1) is 0 Å².